The van der Waals surface area contributed by atoms with E-state index in [0.29, 0.717) is 0 Å². The predicted molar refractivity (Wildman–Crippen MR) is 133 cm³/mol. The fourth-order valence-electron chi connectivity index (χ4n) is 3.37. The van der Waals surface area contributed by atoms with Crippen molar-refractivity contribution >= 4 is 34.9 Å². The van der Waals surface area contributed by atoms with Gasteiger partial charge in [0.05, 0.1) is 21.8 Å². The average molecular weight is 567 g/mol. The number of ether oxygens (including phenoxy) is 1. The van der Waals surface area contributed by atoms with Gasteiger partial charge in [-0.15, -0.1) is 0 Å². The third kappa shape index (κ3) is 5.90. The number of carbonyl (C=O) groups is 1. The summed E-state index contributed by atoms with van der Waals surface area (Å²) in [5.74, 6) is -1.64. The number of aromatic nitrogens is 2. The van der Waals surface area contributed by atoms with Crippen molar-refractivity contribution in [1.82, 2.24) is 14.9 Å². The van der Waals surface area contributed by atoms with Gasteiger partial charge in [-0.3, -0.25) is 14.2 Å². The Morgan fingerprint density at radius 3 is 2.53 bits per heavy atom. The van der Waals surface area contributed by atoms with E-state index in [0.717, 1.165) is 28.8 Å². The molecule has 0 saturated heterocycles. The van der Waals surface area contributed by atoms with E-state index in [9.17, 15) is 27.2 Å². The number of nitrogens with zero attached hydrogens (tertiary/aromatic N) is 2. The van der Waals surface area contributed by atoms with Gasteiger partial charge in [-0.1, -0.05) is 29.3 Å². The first-order valence-corrected chi connectivity index (χ1v) is 11.4. The highest BCUT2D eigenvalue weighted by molar-refractivity contribution is 6.34. The molecule has 2 heterocycles. The van der Waals surface area contributed by atoms with E-state index in [1.165, 1.54) is 42.7 Å². The maximum absolute atomic E-state index is 14.8. The first kappa shape index (κ1) is 27.0. The van der Waals surface area contributed by atoms with Crippen molar-refractivity contribution in [3.8, 4) is 17.2 Å². The Labute approximate surface area is 222 Å². The molecule has 0 aliphatic rings. The molecule has 0 atom stereocenters. The topological polar surface area (TPSA) is 99.2 Å². The Hall–Kier alpha value is -4.09. The molecule has 4 aromatic rings. The molecule has 4 rings (SSSR count). The van der Waals surface area contributed by atoms with Gasteiger partial charge in [0.1, 0.15) is 10.8 Å². The molecule has 2 aromatic carbocycles. The molecule has 13 heteroatoms. The number of nitrogens with two attached hydrogens (primary N) is 1. The molecule has 0 bridgehead atoms. The largest absolute Gasteiger partial charge is 0.453 e. The van der Waals surface area contributed by atoms with Crippen molar-refractivity contribution in [1.29, 1.82) is 0 Å². The van der Waals surface area contributed by atoms with Gasteiger partial charge >= 0.3 is 6.18 Å². The molecular formula is C25H16Cl2F4N4O3. The number of hydrogen-bond acceptors (Lipinski definition) is 5. The molecule has 196 valence electrons. The first-order chi connectivity index (χ1) is 17.9. The Morgan fingerprint density at radius 1 is 1.05 bits per heavy atom. The summed E-state index contributed by atoms with van der Waals surface area (Å²) in [4.78, 5) is 28.9. The number of pyridine rings is 2. The highest BCUT2D eigenvalue weighted by atomic mass is 35.5. The Bertz CT molecular complexity index is 1590. The van der Waals surface area contributed by atoms with E-state index in [2.05, 4.69) is 10.3 Å². The molecule has 0 fully saturated rings. The minimum atomic E-state index is -4.65. The lowest BCUT2D eigenvalue weighted by Crippen LogP contribution is -2.26. The first-order valence-electron chi connectivity index (χ1n) is 10.7. The van der Waals surface area contributed by atoms with Gasteiger partial charge in [0.15, 0.2) is 17.3 Å². The molecule has 1 amide bonds. The number of carbonyl (C=O) groups excluding carboxylic acids is 1. The van der Waals surface area contributed by atoms with Crippen molar-refractivity contribution in [3.63, 3.8) is 0 Å². The smallest absolute Gasteiger partial charge is 0.417 e. The normalized spacial score (nSPS) is 11.3. The summed E-state index contributed by atoms with van der Waals surface area (Å²) in [5.41, 5.74) is 4.28. The standard InChI is InChI=1S/C25H16Cl2F4N4O3/c26-17-4-1-13(9-16(17)25(29,30)31)11-34-24(37)14-2-6-21(36)35(12-14)15-3-5-19(18(28)10-15)38-20-7-8-33-23(32)22(20)27/h1-10,12H,11H2,(H2,32,33)(H,34,37). The number of anilines is 1. The van der Waals surface area contributed by atoms with E-state index in [-0.39, 0.29) is 45.7 Å². The van der Waals surface area contributed by atoms with Gasteiger partial charge in [0, 0.05) is 37.1 Å². The fourth-order valence-corrected chi connectivity index (χ4v) is 3.74. The van der Waals surface area contributed by atoms with Crippen molar-refractivity contribution in [2.24, 2.45) is 0 Å². The highest BCUT2D eigenvalue weighted by Gasteiger charge is 2.33. The van der Waals surface area contributed by atoms with E-state index in [1.807, 2.05) is 0 Å². The second-order valence-electron chi connectivity index (χ2n) is 7.85. The third-order valence-corrected chi connectivity index (χ3v) is 5.97. The summed E-state index contributed by atoms with van der Waals surface area (Å²) >= 11 is 11.6. The monoisotopic (exact) mass is 566 g/mol. The van der Waals surface area contributed by atoms with Gasteiger partial charge in [0.25, 0.3) is 11.5 Å². The molecule has 7 nitrogen and oxygen atoms in total. The van der Waals surface area contributed by atoms with Crippen LogP contribution in [-0.4, -0.2) is 15.5 Å². The fraction of sp³-hybridized carbons (Fsp3) is 0.0800. The van der Waals surface area contributed by atoms with E-state index in [1.54, 1.807) is 0 Å². The molecule has 0 aliphatic heterocycles. The lowest BCUT2D eigenvalue weighted by Gasteiger charge is -2.13. The van der Waals surface area contributed by atoms with E-state index < -0.39 is 34.0 Å². The summed E-state index contributed by atoms with van der Waals surface area (Å²) in [7, 11) is 0. The number of nitrogens with one attached hydrogen (secondary N) is 1. The van der Waals surface area contributed by atoms with E-state index >= 15 is 0 Å². The Balaban J connectivity index is 1.53. The predicted octanol–water partition coefficient (Wildman–Crippen LogP) is 6.00. The zero-order chi connectivity index (χ0) is 27.6. The highest BCUT2D eigenvalue weighted by Crippen LogP contribution is 2.35. The average Bonchev–Trinajstić information content (AvgIpc) is 2.86. The molecule has 3 N–H and O–H groups in total. The molecule has 0 unspecified atom stereocenters. The van der Waals surface area contributed by atoms with Crippen LogP contribution in [0, 0.1) is 5.82 Å². The van der Waals surface area contributed by atoms with Crippen LogP contribution in [0.15, 0.2) is 71.8 Å². The van der Waals surface area contributed by atoms with Crippen LogP contribution in [0.5, 0.6) is 11.5 Å². The quantitative estimate of drug-likeness (QED) is 0.279. The number of halogens is 6. The van der Waals surface area contributed by atoms with Crippen molar-refractivity contribution < 1.29 is 27.1 Å². The SMILES string of the molecule is Nc1nccc(Oc2ccc(-n3cc(C(=O)NCc4ccc(Cl)c(C(F)(F)F)c4)ccc3=O)cc2F)c1Cl. The third-order valence-electron chi connectivity index (χ3n) is 5.26. The molecule has 0 aliphatic carbocycles. The minimum absolute atomic E-state index is 0.000284. The minimum Gasteiger partial charge on any atom is -0.453 e. The molecule has 2 aromatic heterocycles. The van der Waals surface area contributed by atoms with Gasteiger partial charge in [-0.05, 0) is 35.9 Å². The summed E-state index contributed by atoms with van der Waals surface area (Å²) in [6, 6.07) is 10.7. The maximum Gasteiger partial charge on any atom is 0.417 e. The lowest BCUT2D eigenvalue weighted by atomic mass is 10.1. The summed E-state index contributed by atoms with van der Waals surface area (Å²) in [6.07, 6.45) is -2.14. The molecule has 0 radical (unpaired) electrons. The van der Waals surface area contributed by atoms with Crippen molar-refractivity contribution in [3.05, 3.63) is 110 Å². The lowest BCUT2D eigenvalue weighted by molar-refractivity contribution is -0.137. The van der Waals surface area contributed by atoms with Crippen LogP contribution in [0.2, 0.25) is 10.0 Å². The van der Waals surface area contributed by atoms with Crippen molar-refractivity contribution in [2.45, 2.75) is 12.7 Å². The second kappa shape index (κ2) is 10.7. The van der Waals surface area contributed by atoms with Crippen LogP contribution in [-0.2, 0) is 12.7 Å². The number of benzene rings is 2. The van der Waals surface area contributed by atoms with Crippen LogP contribution in [0.4, 0.5) is 23.4 Å². The summed E-state index contributed by atoms with van der Waals surface area (Å²) in [6.45, 7) is -0.235. The maximum atomic E-state index is 14.8. The summed E-state index contributed by atoms with van der Waals surface area (Å²) in [5, 5.41) is 2.02. The van der Waals surface area contributed by atoms with Gasteiger partial charge < -0.3 is 15.8 Å². The van der Waals surface area contributed by atoms with Crippen LogP contribution in [0.1, 0.15) is 21.5 Å². The number of amides is 1. The zero-order valence-corrected chi connectivity index (χ0v) is 20.5. The molecular weight excluding hydrogens is 551 g/mol. The number of alkyl halides is 3. The second-order valence-corrected chi connectivity index (χ2v) is 8.63. The van der Waals surface area contributed by atoms with Crippen LogP contribution in [0.25, 0.3) is 5.69 Å². The molecule has 38 heavy (non-hydrogen) atoms. The van der Waals surface area contributed by atoms with Gasteiger partial charge in [0.2, 0.25) is 0 Å². The number of hydrogen-bond donors (Lipinski definition) is 2. The van der Waals surface area contributed by atoms with E-state index in [4.69, 9.17) is 33.7 Å². The zero-order valence-electron chi connectivity index (χ0n) is 19.0. The Kier molecular flexibility index (Phi) is 7.61. The van der Waals surface area contributed by atoms with Gasteiger partial charge in [-0.25, -0.2) is 9.37 Å². The Morgan fingerprint density at radius 2 is 1.82 bits per heavy atom. The van der Waals surface area contributed by atoms with Crippen LogP contribution in [0.3, 0.4) is 0 Å². The van der Waals surface area contributed by atoms with Gasteiger partial charge in [-0.2, -0.15) is 13.2 Å². The molecule has 0 spiro atoms. The summed E-state index contributed by atoms with van der Waals surface area (Å²) < 4.78 is 60.5. The van der Waals surface area contributed by atoms with Crippen LogP contribution >= 0.6 is 23.2 Å². The molecule has 0 saturated carbocycles. The number of rotatable bonds is 6. The van der Waals surface area contributed by atoms with Crippen molar-refractivity contribution in [2.75, 3.05) is 5.73 Å². The number of nitrogen functional groups attached to an aromatic ring is 1. The van der Waals surface area contributed by atoms with Crippen LogP contribution < -0.4 is 21.3 Å².